The Morgan fingerprint density at radius 1 is 0.333 bits per heavy atom. The van der Waals surface area contributed by atoms with Crippen LogP contribution in [0.25, 0.3) is 0 Å². The number of unbranched alkanes of at least 4 members (excludes halogenated alkanes) is 20. The highest BCUT2D eigenvalue weighted by molar-refractivity contribution is 5.68. The van der Waals surface area contributed by atoms with Gasteiger partial charge in [0.05, 0.1) is 0 Å². The van der Waals surface area contributed by atoms with Crippen molar-refractivity contribution in [3.05, 3.63) is 58.7 Å². The molecule has 0 bridgehead atoms. The molecule has 0 heterocycles. The largest absolute Gasteiger partial charge is 0.355 e. The van der Waals surface area contributed by atoms with Crippen molar-refractivity contribution < 1.29 is 0 Å². The first-order valence-corrected chi connectivity index (χ1v) is 20.2. The van der Waals surface area contributed by atoms with E-state index in [2.05, 4.69) is 69.4 Å². The third-order valence-corrected chi connectivity index (χ3v) is 9.98. The maximum Gasteiger partial charge on any atom is 0.0419 e. The summed E-state index contributed by atoms with van der Waals surface area (Å²) in [6.07, 6.45) is 37.7. The topological polar surface area (TPSA) is 12.0 Å². The van der Waals surface area contributed by atoms with E-state index in [1.165, 1.54) is 191 Å². The highest BCUT2D eigenvalue weighted by atomic mass is 14.9. The first-order chi connectivity index (χ1) is 22.2. The molecule has 0 aromatic heterocycles. The van der Waals surface area contributed by atoms with E-state index in [4.69, 9.17) is 0 Å². The molecule has 0 aliphatic heterocycles. The summed E-state index contributed by atoms with van der Waals surface area (Å²) in [7, 11) is 0. The zero-order valence-corrected chi connectivity index (χ0v) is 30.8. The fraction of sp³-hybridized carbons (Fsp3) is 0.727. The standard InChI is InChI=1S/C44H75N/c1-5-9-13-17-21-25-31-39-33-29-37-43(41(39)35-27-23-19-15-11-7-3)45-44-38-30-34-40(32-26-22-18-14-10-6-2)42(44)36-28-24-20-16-12-8-4/h29-30,33-34,37-38,45H,5-28,31-32,35-36H2,1-4H3. The van der Waals surface area contributed by atoms with Crippen LogP contribution in [-0.4, -0.2) is 0 Å². The maximum absolute atomic E-state index is 4.08. The molecule has 0 unspecified atom stereocenters. The third kappa shape index (κ3) is 17.7. The van der Waals surface area contributed by atoms with Crippen LogP contribution in [0.1, 0.15) is 204 Å². The van der Waals surface area contributed by atoms with Crippen molar-refractivity contribution in [1.82, 2.24) is 0 Å². The average molecular weight is 618 g/mol. The molecule has 2 rings (SSSR count). The summed E-state index contributed by atoms with van der Waals surface area (Å²) < 4.78 is 0. The maximum atomic E-state index is 4.08. The minimum atomic E-state index is 1.21. The normalized spacial score (nSPS) is 11.4. The number of anilines is 2. The van der Waals surface area contributed by atoms with Crippen molar-refractivity contribution >= 4 is 11.4 Å². The smallest absolute Gasteiger partial charge is 0.0419 e. The lowest BCUT2D eigenvalue weighted by atomic mass is 9.93. The third-order valence-electron chi connectivity index (χ3n) is 9.98. The fourth-order valence-electron chi connectivity index (χ4n) is 7.06. The SMILES string of the molecule is CCCCCCCCc1cccc(Nc2cccc(CCCCCCCC)c2CCCCCCCC)c1CCCCCCCC. The van der Waals surface area contributed by atoms with Gasteiger partial charge in [0.15, 0.2) is 0 Å². The number of nitrogens with one attached hydrogen (secondary N) is 1. The second-order valence-electron chi connectivity index (χ2n) is 14.1. The number of rotatable bonds is 30. The van der Waals surface area contributed by atoms with E-state index in [9.17, 15) is 0 Å². The lowest BCUT2D eigenvalue weighted by Gasteiger charge is -2.21. The monoisotopic (exact) mass is 618 g/mol. The number of benzene rings is 2. The van der Waals surface area contributed by atoms with Gasteiger partial charge in [-0.25, -0.2) is 0 Å². The average Bonchev–Trinajstić information content (AvgIpc) is 3.05. The van der Waals surface area contributed by atoms with Crippen LogP contribution in [-0.2, 0) is 25.7 Å². The lowest BCUT2D eigenvalue weighted by molar-refractivity contribution is 0.599. The predicted octanol–water partition coefficient (Wildman–Crippen LogP) is 15.0. The first kappa shape index (κ1) is 39.4. The molecule has 1 heteroatoms. The van der Waals surface area contributed by atoms with Gasteiger partial charge in [-0.15, -0.1) is 0 Å². The number of hydrogen-bond acceptors (Lipinski definition) is 1. The first-order valence-electron chi connectivity index (χ1n) is 20.2. The molecule has 0 aliphatic carbocycles. The quantitative estimate of drug-likeness (QED) is 0.0860. The van der Waals surface area contributed by atoms with Crippen LogP contribution < -0.4 is 5.32 Å². The zero-order valence-electron chi connectivity index (χ0n) is 30.8. The van der Waals surface area contributed by atoms with Gasteiger partial charge < -0.3 is 5.32 Å². The van der Waals surface area contributed by atoms with Gasteiger partial charge in [0.25, 0.3) is 0 Å². The van der Waals surface area contributed by atoms with Crippen LogP contribution in [0.15, 0.2) is 36.4 Å². The molecule has 0 saturated heterocycles. The van der Waals surface area contributed by atoms with Crippen molar-refractivity contribution in [3.63, 3.8) is 0 Å². The zero-order chi connectivity index (χ0) is 32.2. The van der Waals surface area contributed by atoms with E-state index in [0.29, 0.717) is 0 Å². The molecular formula is C44H75N. The van der Waals surface area contributed by atoms with Crippen molar-refractivity contribution in [1.29, 1.82) is 0 Å². The van der Waals surface area contributed by atoms with Crippen LogP contribution >= 0.6 is 0 Å². The summed E-state index contributed by atoms with van der Waals surface area (Å²) in [5.41, 5.74) is 9.18. The molecule has 0 fully saturated rings. The van der Waals surface area contributed by atoms with Crippen molar-refractivity contribution in [3.8, 4) is 0 Å². The highest BCUT2D eigenvalue weighted by Gasteiger charge is 2.13. The molecule has 256 valence electrons. The van der Waals surface area contributed by atoms with Crippen LogP contribution in [0.3, 0.4) is 0 Å². The summed E-state index contributed by atoms with van der Waals surface area (Å²) in [4.78, 5) is 0. The van der Waals surface area contributed by atoms with Gasteiger partial charge in [-0.2, -0.15) is 0 Å². The van der Waals surface area contributed by atoms with E-state index < -0.39 is 0 Å². The minimum absolute atomic E-state index is 1.21. The van der Waals surface area contributed by atoms with Gasteiger partial charge in [0.2, 0.25) is 0 Å². The van der Waals surface area contributed by atoms with Crippen LogP contribution in [0.4, 0.5) is 11.4 Å². The van der Waals surface area contributed by atoms with Gasteiger partial charge >= 0.3 is 0 Å². The molecule has 0 saturated carbocycles. The Labute approximate surface area is 282 Å². The molecule has 1 nitrogen and oxygen atoms in total. The Morgan fingerprint density at radius 3 is 0.956 bits per heavy atom. The fourth-order valence-corrected chi connectivity index (χ4v) is 7.06. The molecule has 2 aromatic carbocycles. The van der Waals surface area contributed by atoms with Gasteiger partial charge in [-0.05, 0) is 85.8 Å². The van der Waals surface area contributed by atoms with Crippen LogP contribution in [0.2, 0.25) is 0 Å². The van der Waals surface area contributed by atoms with Crippen molar-refractivity contribution in [2.45, 2.75) is 207 Å². The Hall–Kier alpha value is -1.76. The number of hydrogen-bond donors (Lipinski definition) is 1. The molecule has 2 aromatic rings. The Bertz CT molecular complexity index is 882. The second kappa shape index (κ2) is 27.4. The molecule has 0 spiro atoms. The summed E-state index contributed by atoms with van der Waals surface area (Å²) in [5.74, 6) is 0. The second-order valence-corrected chi connectivity index (χ2v) is 14.1. The summed E-state index contributed by atoms with van der Waals surface area (Å²) >= 11 is 0. The van der Waals surface area contributed by atoms with E-state index in [0.717, 1.165) is 0 Å². The van der Waals surface area contributed by atoms with Crippen LogP contribution in [0, 0.1) is 0 Å². The van der Waals surface area contributed by atoms with Crippen molar-refractivity contribution in [2.75, 3.05) is 5.32 Å². The predicted molar refractivity (Wildman–Crippen MR) is 204 cm³/mol. The van der Waals surface area contributed by atoms with Gasteiger partial charge in [0, 0.05) is 11.4 Å². The van der Waals surface area contributed by atoms with Gasteiger partial charge in [0.1, 0.15) is 0 Å². The molecular weight excluding hydrogens is 542 g/mol. The van der Waals surface area contributed by atoms with E-state index in [1.807, 2.05) is 0 Å². The Morgan fingerprint density at radius 2 is 0.622 bits per heavy atom. The molecule has 45 heavy (non-hydrogen) atoms. The van der Waals surface area contributed by atoms with Crippen molar-refractivity contribution in [2.24, 2.45) is 0 Å². The molecule has 0 radical (unpaired) electrons. The Balaban J connectivity index is 2.22. The highest BCUT2D eigenvalue weighted by Crippen LogP contribution is 2.32. The minimum Gasteiger partial charge on any atom is -0.355 e. The number of aryl methyl sites for hydroxylation is 2. The van der Waals surface area contributed by atoms with Crippen LogP contribution in [0.5, 0.6) is 0 Å². The molecule has 0 atom stereocenters. The summed E-state index contributed by atoms with van der Waals surface area (Å²) in [6, 6.07) is 14.3. The van der Waals surface area contributed by atoms with E-state index in [1.54, 1.807) is 22.3 Å². The van der Waals surface area contributed by atoms with E-state index >= 15 is 0 Å². The molecule has 0 amide bonds. The lowest BCUT2D eigenvalue weighted by Crippen LogP contribution is -2.06. The van der Waals surface area contributed by atoms with Gasteiger partial charge in [-0.1, -0.05) is 180 Å². The van der Waals surface area contributed by atoms with Gasteiger partial charge in [-0.3, -0.25) is 0 Å². The molecule has 1 N–H and O–H groups in total. The van der Waals surface area contributed by atoms with E-state index in [-0.39, 0.29) is 0 Å². The Kier molecular flexibility index (Phi) is 24.0. The summed E-state index contributed by atoms with van der Waals surface area (Å²) in [5, 5.41) is 4.08. The summed E-state index contributed by atoms with van der Waals surface area (Å²) in [6.45, 7) is 9.27. The molecule has 0 aliphatic rings.